The number of carbonyl (C=O) groups excluding carboxylic acids is 1. The minimum absolute atomic E-state index is 0.261. The van der Waals surface area contributed by atoms with Gasteiger partial charge in [0.1, 0.15) is 6.29 Å². The molecule has 0 bridgehead atoms. The van der Waals surface area contributed by atoms with Crippen LogP contribution in [0.4, 0.5) is 0 Å². The van der Waals surface area contributed by atoms with Crippen LogP contribution in [0.25, 0.3) is 0 Å². The van der Waals surface area contributed by atoms with Crippen molar-refractivity contribution in [2.24, 2.45) is 5.41 Å². The average molecular weight is 254 g/mol. The topological polar surface area (TPSA) is 32.8 Å². The third kappa shape index (κ3) is 3.31. The highest BCUT2D eigenvalue weighted by atomic mass is 16.5. The standard InChI is InChI=1S/C14H26N2O2/c1-15-7-3-5-13(9-15)16(2)10-14(11-17)6-4-8-18-12-14/h11,13H,3-10,12H2,1-2H3. The van der Waals surface area contributed by atoms with E-state index in [1.165, 1.54) is 19.4 Å². The van der Waals surface area contributed by atoms with Crippen LogP contribution in [0.5, 0.6) is 0 Å². The molecule has 2 aliphatic rings. The third-order valence-electron chi connectivity index (χ3n) is 4.39. The first kappa shape index (κ1) is 14.0. The van der Waals surface area contributed by atoms with Gasteiger partial charge in [-0.2, -0.15) is 0 Å². The van der Waals surface area contributed by atoms with Gasteiger partial charge < -0.3 is 19.3 Å². The first-order valence-corrected chi connectivity index (χ1v) is 7.08. The predicted molar refractivity (Wildman–Crippen MR) is 71.7 cm³/mol. The van der Waals surface area contributed by atoms with E-state index in [0.29, 0.717) is 12.6 Å². The maximum absolute atomic E-state index is 11.4. The summed E-state index contributed by atoms with van der Waals surface area (Å²) in [5.41, 5.74) is -0.261. The van der Waals surface area contributed by atoms with Gasteiger partial charge in [0.25, 0.3) is 0 Å². The predicted octanol–water partition coefficient (Wildman–Crippen LogP) is 1.01. The molecule has 0 aliphatic carbocycles. The molecule has 2 saturated heterocycles. The summed E-state index contributed by atoms with van der Waals surface area (Å²) in [4.78, 5) is 16.2. The summed E-state index contributed by atoms with van der Waals surface area (Å²) in [6, 6.07) is 0.586. The molecule has 0 radical (unpaired) electrons. The molecule has 2 unspecified atom stereocenters. The normalized spacial score (nSPS) is 34.7. The molecule has 4 heteroatoms. The van der Waals surface area contributed by atoms with Gasteiger partial charge in [-0.05, 0) is 46.3 Å². The first-order valence-electron chi connectivity index (χ1n) is 7.08. The fourth-order valence-electron chi connectivity index (χ4n) is 3.25. The van der Waals surface area contributed by atoms with E-state index in [-0.39, 0.29) is 5.41 Å². The van der Waals surface area contributed by atoms with Gasteiger partial charge in [0.05, 0.1) is 12.0 Å². The summed E-state index contributed by atoms with van der Waals surface area (Å²) < 4.78 is 5.52. The van der Waals surface area contributed by atoms with Gasteiger partial charge in [-0.15, -0.1) is 0 Å². The molecule has 2 aliphatic heterocycles. The molecule has 0 N–H and O–H groups in total. The van der Waals surface area contributed by atoms with Gasteiger partial charge in [0.15, 0.2) is 0 Å². The zero-order valence-electron chi connectivity index (χ0n) is 11.7. The second kappa shape index (κ2) is 6.13. The zero-order chi connectivity index (χ0) is 13.0. The summed E-state index contributed by atoms with van der Waals surface area (Å²) in [5, 5.41) is 0. The lowest BCUT2D eigenvalue weighted by atomic mass is 9.83. The van der Waals surface area contributed by atoms with Crippen LogP contribution in [-0.4, -0.2) is 69.1 Å². The summed E-state index contributed by atoms with van der Waals surface area (Å²) in [5.74, 6) is 0. The molecule has 0 spiro atoms. The Hall–Kier alpha value is -0.450. The molecule has 2 atom stereocenters. The van der Waals surface area contributed by atoms with Crippen molar-refractivity contribution < 1.29 is 9.53 Å². The lowest BCUT2D eigenvalue weighted by Gasteiger charge is -2.41. The Kier molecular flexibility index (Phi) is 4.76. The van der Waals surface area contributed by atoms with Crippen molar-refractivity contribution in [3.05, 3.63) is 0 Å². The van der Waals surface area contributed by atoms with E-state index < -0.39 is 0 Å². The number of nitrogens with zero attached hydrogens (tertiary/aromatic N) is 2. The Morgan fingerprint density at radius 1 is 1.50 bits per heavy atom. The Labute approximate surface area is 110 Å². The Morgan fingerprint density at radius 3 is 2.94 bits per heavy atom. The maximum atomic E-state index is 11.4. The van der Waals surface area contributed by atoms with Crippen LogP contribution >= 0.6 is 0 Å². The number of ether oxygens (including phenoxy) is 1. The monoisotopic (exact) mass is 254 g/mol. The first-order chi connectivity index (χ1) is 8.65. The largest absolute Gasteiger partial charge is 0.380 e. The van der Waals surface area contributed by atoms with E-state index in [1.807, 2.05) is 0 Å². The van der Waals surface area contributed by atoms with E-state index in [0.717, 1.165) is 38.8 Å². The highest BCUT2D eigenvalue weighted by Crippen LogP contribution is 2.28. The Balaban J connectivity index is 1.91. The summed E-state index contributed by atoms with van der Waals surface area (Å²) >= 11 is 0. The molecular weight excluding hydrogens is 228 g/mol. The zero-order valence-corrected chi connectivity index (χ0v) is 11.7. The van der Waals surface area contributed by atoms with E-state index in [2.05, 4.69) is 23.9 Å². The fraction of sp³-hybridized carbons (Fsp3) is 0.929. The molecule has 0 aromatic heterocycles. The van der Waals surface area contributed by atoms with Crippen molar-refractivity contribution in [1.29, 1.82) is 0 Å². The molecule has 104 valence electrons. The van der Waals surface area contributed by atoms with E-state index >= 15 is 0 Å². The van der Waals surface area contributed by atoms with Crippen molar-refractivity contribution in [2.45, 2.75) is 31.7 Å². The van der Waals surface area contributed by atoms with Gasteiger partial charge >= 0.3 is 0 Å². The Morgan fingerprint density at radius 2 is 2.33 bits per heavy atom. The van der Waals surface area contributed by atoms with Crippen LogP contribution in [0.2, 0.25) is 0 Å². The lowest BCUT2D eigenvalue weighted by Crippen LogP contribution is -2.50. The van der Waals surface area contributed by atoms with Crippen molar-refractivity contribution in [1.82, 2.24) is 9.80 Å². The number of carbonyl (C=O) groups is 1. The summed E-state index contributed by atoms with van der Waals surface area (Å²) in [7, 11) is 4.34. The molecular formula is C14H26N2O2. The molecule has 0 aromatic rings. The summed E-state index contributed by atoms with van der Waals surface area (Å²) in [6.45, 7) is 4.57. The quantitative estimate of drug-likeness (QED) is 0.701. The minimum Gasteiger partial charge on any atom is -0.380 e. The van der Waals surface area contributed by atoms with Crippen LogP contribution in [0.15, 0.2) is 0 Å². The molecule has 4 nitrogen and oxygen atoms in total. The number of hydrogen-bond acceptors (Lipinski definition) is 4. The molecule has 0 aromatic carbocycles. The van der Waals surface area contributed by atoms with E-state index in [4.69, 9.17) is 4.74 Å². The van der Waals surface area contributed by atoms with E-state index in [1.54, 1.807) is 0 Å². The van der Waals surface area contributed by atoms with Crippen molar-refractivity contribution in [3.63, 3.8) is 0 Å². The number of aldehydes is 1. The number of piperidine rings is 1. The van der Waals surface area contributed by atoms with Crippen LogP contribution < -0.4 is 0 Å². The second-order valence-electron chi connectivity index (χ2n) is 6.11. The lowest BCUT2D eigenvalue weighted by molar-refractivity contribution is -0.126. The van der Waals surface area contributed by atoms with E-state index in [9.17, 15) is 4.79 Å². The number of likely N-dealkylation sites (N-methyl/N-ethyl adjacent to an activating group) is 2. The van der Waals surface area contributed by atoms with Crippen LogP contribution in [0.3, 0.4) is 0 Å². The molecule has 2 fully saturated rings. The fourth-order valence-corrected chi connectivity index (χ4v) is 3.25. The van der Waals surface area contributed by atoms with Crippen LogP contribution in [-0.2, 0) is 9.53 Å². The van der Waals surface area contributed by atoms with Gasteiger partial charge in [-0.3, -0.25) is 0 Å². The molecule has 18 heavy (non-hydrogen) atoms. The maximum Gasteiger partial charge on any atom is 0.129 e. The average Bonchev–Trinajstić information content (AvgIpc) is 2.40. The van der Waals surface area contributed by atoms with Gasteiger partial charge in [0, 0.05) is 25.7 Å². The highest BCUT2D eigenvalue weighted by molar-refractivity contribution is 5.60. The van der Waals surface area contributed by atoms with Crippen molar-refractivity contribution in [3.8, 4) is 0 Å². The second-order valence-corrected chi connectivity index (χ2v) is 6.11. The Bertz CT molecular complexity index is 277. The molecule has 0 amide bonds. The van der Waals surface area contributed by atoms with Gasteiger partial charge in [-0.1, -0.05) is 0 Å². The van der Waals surface area contributed by atoms with Gasteiger partial charge in [-0.25, -0.2) is 0 Å². The number of hydrogen-bond donors (Lipinski definition) is 0. The third-order valence-corrected chi connectivity index (χ3v) is 4.39. The molecule has 2 rings (SSSR count). The molecule has 2 heterocycles. The smallest absolute Gasteiger partial charge is 0.129 e. The molecule has 0 saturated carbocycles. The SMILES string of the molecule is CN1CCCC(N(C)CC2(C=O)CCCOC2)C1. The van der Waals surface area contributed by atoms with Crippen molar-refractivity contribution >= 4 is 6.29 Å². The number of likely N-dealkylation sites (tertiary alicyclic amines) is 1. The van der Waals surface area contributed by atoms with Gasteiger partial charge in [0.2, 0.25) is 0 Å². The number of rotatable bonds is 4. The van der Waals surface area contributed by atoms with Crippen LogP contribution in [0.1, 0.15) is 25.7 Å². The highest BCUT2D eigenvalue weighted by Gasteiger charge is 2.35. The van der Waals surface area contributed by atoms with Crippen LogP contribution in [0, 0.1) is 5.41 Å². The van der Waals surface area contributed by atoms with Crippen molar-refractivity contribution in [2.75, 3.05) is 46.9 Å². The summed E-state index contributed by atoms with van der Waals surface area (Å²) in [6.07, 6.45) is 5.63. The minimum atomic E-state index is -0.261.